The van der Waals surface area contributed by atoms with Crippen molar-refractivity contribution >= 4 is 17.5 Å². The zero-order valence-electron chi connectivity index (χ0n) is 15.1. The normalized spacial score (nSPS) is 10.8. The van der Waals surface area contributed by atoms with Gasteiger partial charge in [0, 0.05) is 17.1 Å². The Labute approximate surface area is 162 Å². The van der Waals surface area contributed by atoms with Crippen LogP contribution in [0.15, 0.2) is 48.5 Å². The van der Waals surface area contributed by atoms with Crippen LogP contribution in [0.5, 0.6) is 5.75 Å². The number of carbonyl (C=O) groups excluding carboxylic acids is 1. The fraction of sp³-hybridized carbons (Fsp3) is 0.263. The number of benzene rings is 2. The molecule has 2 aromatic carbocycles. The van der Waals surface area contributed by atoms with E-state index in [0.717, 1.165) is 5.56 Å². The zero-order valence-corrected chi connectivity index (χ0v) is 15.8. The number of aromatic nitrogens is 4. The van der Waals surface area contributed by atoms with Gasteiger partial charge in [-0.3, -0.25) is 4.79 Å². The van der Waals surface area contributed by atoms with Gasteiger partial charge in [0.25, 0.3) is 5.91 Å². The fourth-order valence-corrected chi connectivity index (χ4v) is 2.60. The number of hydrogen-bond acceptors (Lipinski definition) is 5. The van der Waals surface area contributed by atoms with Gasteiger partial charge < -0.3 is 10.1 Å². The van der Waals surface area contributed by atoms with E-state index in [4.69, 9.17) is 16.3 Å². The molecule has 0 saturated heterocycles. The highest BCUT2D eigenvalue weighted by Crippen LogP contribution is 2.16. The summed E-state index contributed by atoms with van der Waals surface area (Å²) in [5.74, 6) is 1.03. The highest BCUT2D eigenvalue weighted by atomic mass is 35.5. The highest BCUT2D eigenvalue weighted by Gasteiger charge is 2.11. The van der Waals surface area contributed by atoms with Crippen LogP contribution in [0.3, 0.4) is 0 Å². The molecule has 27 heavy (non-hydrogen) atoms. The molecule has 1 heterocycles. The largest absolute Gasteiger partial charge is 0.486 e. The van der Waals surface area contributed by atoms with E-state index in [0.29, 0.717) is 28.7 Å². The first kappa shape index (κ1) is 18.8. The molecule has 1 amide bonds. The van der Waals surface area contributed by atoms with Crippen LogP contribution in [0.25, 0.3) is 0 Å². The van der Waals surface area contributed by atoms with Gasteiger partial charge in [0.15, 0.2) is 5.82 Å². The molecule has 1 aromatic heterocycles. The van der Waals surface area contributed by atoms with E-state index in [2.05, 4.69) is 20.8 Å². The quantitative estimate of drug-likeness (QED) is 0.673. The van der Waals surface area contributed by atoms with Gasteiger partial charge in [-0.15, -0.1) is 5.10 Å². The fourth-order valence-electron chi connectivity index (χ4n) is 2.47. The second-order valence-corrected chi connectivity index (χ2v) is 6.70. The minimum atomic E-state index is -0.178. The van der Waals surface area contributed by atoms with Crippen LogP contribution >= 0.6 is 11.6 Å². The molecule has 0 saturated carbocycles. The third-order valence-corrected chi connectivity index (χ3v) is 4.13. The number of halogens is 1. The Morgan fingerprint density at radius 3 is 2.74 bits per heavy atom. The predicted molar refractivity (Wildman–Crippen MR) is 102 cm³/mol. The van der Waals surface area contributed by atoms with Crippen molar-refractivity contribution in [2.75, 3.05) is 0 Å². The lowest BCUT2D eigenvalue weighted by atomic mass is 10.2. The summed E-state index contributed by atoms with van der Waals surface area (Å²) in [6, 6.07) is 14.5. The van der Waals surface area contributed by atoms with Crippen LogP contribution in [0.2, 0.25) is 5.02 Å². The highest BCUT2D eigenvalue weighted by molar-refractivity contribution is 6.30. The summed E-state index contributed by atoms with van der Waals surface area (Å²) in [5.41, 5.74) is 1.49. The van der Waals surface area contributed by atoms with Crippen molar-refractivity contribution in [2.45, 2.75) is 33.0 Å². The van der Waals surface area contributed by atoms with Gasteiger partial charge in [-0.05, 0) is 60.2 Å². The van der Waals surface area contributed by atoms with Crippen LogP contribution in [0.4, 0.5) is 0 Å². The lowest BCUT2D eigenvalue weighted by molar-refractivity contribution is 0.0950. The monoisotopic (exact) mass is 385 g/mol. The van der Waals surface area contributed by atoms with Crippen LogP contribution < -0.4 is 10.1 Å². The Bertz CT molecular complexity index is 908. The van der Waals surface area contributed by atoms with Crippen LogP contribution in [-0.2, 0) is 13.2 Å². The number of nitrogens with one attached hydrogen (secondary N) is 1. The van der Waals surface area contributed by atoms with Crippen LogP contribution in [-0.4, -0.2) is 26.1 Å². The number of rotatable bonds is 7. The first-order chi connectivity index (χ1) is 13.0. The summed E-state index contributed by atoms with van der Waals surface area (Å²) >= 11 is 5.87. The van der Waals surface area contributed by atoms with E-state index in [1.165, 1.54) is 0 Å². The number of amides is 1. The first-order valence-corrected chi connectivity index (χ1v) is 8.93. The molecular weight excluding hydrogens is 366 g/mol. The van der Waals surface area contributed by atoms with Crippen LogP contribution in [0, 0.1) is 0 Å². The third-order valence-electron chi connectivity index (χ3n) is 3.88. The number of tetrazole rings is 1. The van der Waals surface area contributed by atoms with Crippen LogP contribution in [0.1, 0.15) is 41.6 Å². The minimum Gasteiger partial charge on any atom is -0.486 e. The van der Waals surface area contributed by atoms with Crippen molar-refractivity contribution in [1.82, 2.24) is 25.5 Å². The first-order valence-electron chi connectivity index (χ1n) is 8.55. The lowest BCUT2D eigenvalue weighted by Crippen LogP contribution is -2.22. The molecule has 0 aliphatic heterocycles. The predicted octanol–water partition coefficient (Wildman–Crippen LogP) is 3.42. The summed E-state index contributed by atoms with van der Waals surface area (Å²) in [6.45, 7) is 4.63. The minimum absolute atomic E-state index is 0.142. The lowest BCUT2D eigenvalue weighted by Gasteiger charge is -2.10. The molecule has 0 aliphatic rings. The van der Waals surface area contributed by atoms with E-state index >= 15 is 0 Å². The SMILES string of the molecule is CC(C)n1nnnc1COc1cccc(C(=O)NCc2ccc(Cl)cc2)c1. The van der Waals surface area contributed by atoms with Crippen molar-refractivity contribution in [1.29, 1.82) is 0 Å². The van der Waals surface area contributed by atoms with E-state index < -0.39 is 0 Å². The molecule has 8 heteroatoms. The Kier molecular flexibility index (Phi) is 6.03. The number of nitrogens with zero attached hydrogens (tertiary/aromatic N) is 4. The van der Waals surface area contributed by atoms with E-state index in [9.17, 15) is 4.79 Å². The molecule has 0 aliphatic carbocycles. The Morgan fingerprint density at radius 1 is 1.22 bits per heavy atom. The second kappa shape index (κ2) is 8.64. The van der Waals surface area contributed by atoms with Gasteiger partial charge in [0.05, 0.1) is 6.04 Å². The zero-order chi connectivity index (χ0) is 19.2. The summed E-state index contributed by atoms with van der Waals surface area (Å²) < 4.78 is 7.45. The van der Waals surface area contributed by atoms with Gasteiger partial charge in [-0.2, -0.15) is 0 Å². The Hall–Kier alpha value is -2.93. The van der Waals surface area contributed by atoms with Crippen molar-refractivity contribution in [3.8, 4) is 5.75 Å². The Morgan fingerprint density at radius 2 is 2.00 bits per heavy atom. The molecule has 0 bridgehead atoms. The molecule has 0 radical (unpaired) electrons. The number of carbonyl (C=O) groups is 1. The average Bonchev–Trinajstić information content (AvgIpc) is 3.15. The average molecular weight is 386 g/mol. The van der Waals surface area contributed by atoms with E-state index in [1.54, 1.807) is 41.1 Å². The summed E-state index contributed by atoms with van der Waals surface area (Å²) in [5, 5.41) is 15.1. The molecule has 7 nitrogen and oxygen atoms in total. The molecule has 3 rings (SSSR count). The molecule has 140 valence electrons. The van der Waals surface area contributed by atoms with E-state index in [1.807, 2.05) is 26.0 Å². The molecule has 0 unspecified atom stereocenters. The Balaban J connectivity index is 1.60. The topological polar surface area (TPSA) is 81.9 Å². The summed E-state index contributed by atoms with van der Waals surface area (Å²) in [6.07, 6.45) is 0. The molecule has 0 fully saturated rings. The van der Waals surface area contributed by atoms with Gasteiger partial charge in [-0.25, -0.2) is 4.68 Å². The number of hydrogen-bond donors (Lipinski definition) is 1. The molecule has 3 aromatic rings. The van der Waals surface area contributed by atoms with Crippen molar-refractivity contribution in [2.24, 2.45) is 0 Å². The maximum absolute atomic E-state index is 12.4. The molecule has 1 N–H and O–H groups in total. The standard InChI is InChI=1S/C19H20ClN5O2/c1-13(2)25-18(22-23-24-25)12-27-17-5-3-4-15(10-17)19(26)21-11-14-6-8-16(20)9-7-14/h3-10,13H,11-12H2,1-2H3,(H,21,26). The molecule has 0 spiro atoms. The smallest absolute Gasteiger partial charge is 0.251 e. The van der Waals surface area contributed by atoms with Crippen molar-refractivity contribution in [3.05, 3.63) is 70.5 Å². The molecule has 0 atom stereocenters. The van der Waals surface area contributed by atoms with Gasteiger partial charge in [0.1, 0.15) is 12.4 Å². The summed E-state index contributed by atoms with van der Waals surface area (Å²) in [4.78, 5) is 12.4. The van der Waals surface area contributed by atoms with E-state index in [-0.39, 0.29) is 18.6 Å². The maximum atomic E-state index is 12.4. The van der Waals surface area contributed by atoms with Crippen molar-refractivity contribution in [3.63, 3.8) is 0 Å². The maximum Gasteiger partial charge on any atom is 0.251 e. The van der Waals surface area contributed by atoms with Gasteiger partial charge >= 0.3 is 0 Å². The summed E-state index contributed by atoms with van der Waals surface area (Å²) in [7, 11) is 0. The second-order valence-electron chi connectivity index (χ2n) is 6.26. The third kappa shape index (κ3) is 5.04. The molecular formula is C19H20ClN5O2. The number of ether oxygens (including phenoxy) is 1. The van der Waals surface area contributed by atoms with Crippen molar-refractivity contribution < 1.29 is 9.53 Å². The van der Waals surface area contributed by atoms with Gasteiger partial charge in [-0.1, -0.05) is 29.8 Å². The van der Waals surface area contributed by atoms with Gasteiger partial charge in [0.2, 0.25) is 0 Å².